The minimum atomic E-state index is -0.245. The van der Waals surface area contributed by atoms with Crippen molar-refractivity contribution in [2.75, 3.05) is 5.32 Å². The third-order valence-corrected chi connectivity index (χ3v) is 3.63. The Hall–Kier alpha value is -1.62. The van der Waals surface area contributed by atoms with Gasteiger partial charge >= 0.3 is 0 Å². The topological polar surface area (TPSA) is 49.3 Å². The van der Waals surface area contributed by atoms with E-state index in [1.807, 2.05) is 12.1 Å². The Morgan fingerprint density at radius 3 is 2.79 bits per heavy atom. The summed E-state index contributed by atoms with van der Waals surface area (Å²) in [6.07, 6.45) is 3.14. The summed E-state index contributed by atoms with van der Waals surface area (Å²) in [5, 5.41) is 11.9. The standard InChI is InChI=1S/C14H12ClNO2S/c15-13-7-5-11(19-13)6-8-14(18)16-12-4-2-1-3-10(12)9-17/h1-8,17H,9H2,(H,16,18). The van der Waals surface area contributed by atoms with E-state index >= 15 is 0 Å². The smallest absolute Gasteiger partial charge is 0.248 e. The molecule has 1 aromatic carbocycles. The van der Waals surface area contributed by atoms with Crippen LogP contribution in [0, 0.1) is 0 Å². The first-order valence-electron chi connectivity index (χ1n) is 5.62. The van der Waals surface area contributed by atoms with Gasteiger partial charge < -0.3 is 10.4 Å². The summed E-state index contributed by atoms with van der Waals surface area (Å²) in [5.41, 5.74) is 1.30. The van der Waals surface area contributed by atoms with Crippen LogP contribution in [0.5, 0.6) is 0 Å². The van der Waals surface area contributed by atoms with Crippen LogP contribution in [-0.2, 0) is 11.4 Å². The van der Waals surface area contributed by atoms with Crippen molar-refractivity contribution in [1.29, 1.82) is 0 Å². The highest BCUT2D eigenvalue weighted by Gasteiger charge is 2.03. The van der Waals surface area contributed by atoms with Crippen molar-refractivity contribution >= 4 is 40.6 Å². The largest absolute Gasteiger partial charge is 0.392 e. The Balaban J connectivity index is 2.03. The summed E-state index contributed by atoms with van der Waals surface area (Å²) in [5.74, 6) is -0.245. The van der Waals surface area contributed by atoms with E-state index in [1.165, 1.54) is 17.4 Å². The number of aliphatic hydroxyl groups is 1. The molecular formula is C14H12ClNO2S. The molecule has 0 aliphatic carbocycles. The Kier molecular flexibility index (Phi) is 4.74. The fraction of sp³-hybridized carbons (Fsp3) is 0.0714. The number of carbonyl (C=O) groups excluding carboxylic acids is 1. The molecule has 0 atom stereocenters. The molecule has 2 aromatic rings. The molecule has 0 unspecified atom stereocenters. The highest BCUT2D eigenvalue weighted by atomic mass is 35.5. The van der Waals surface area contributed by atoms with E-state index in [0.717, 1.165) is 4.88 Å². The normalized spacial score (nSPS) is 10.8. The number of hydrogen-bond acceptors (Lipinski definition) is 3. The first-order valence-corrected chi connectivity index (χ1v) is 6.81. The average molecular weight is 294 g/mol. The van der Waals surface area contributed by atoms with E-state index in [9.17, 15) is 4.79 Å². The van der Waals surface area contributed by atoms with Gasteiger partial charge in [-0.05, 0) is 24.3 Å². The second kappa shape index (κ2) is 6.52. The quantitative estimate of drug-likeness (QED) is 0.847. The number of anilines is 1. The summed E-state index contributed by atoms with van der Waals surface area (Å²) in [6, 6.07) is 10.8. The molecule has 0 saturated carbocycles. The van der Waals surface area contributed by atoms with E-state index in [4.69, 9.17) is 16.7 Å². The number of aliphatic hydroxyl groups excluding tert-OH is 1. The van der Waals surface area contributed by atoms with Crippen LogP contribution in [0.2, 0.25) is 4.34 Å². The van der Waals surface area contributed by atoms with Gasteiger partial charge in [0, 0.05) is 22.2 Å². The zero-order valence-corrected chi connectivity index (χ0v) is 11.5. The van der Waals surface area contributed by atoms with Crippen LogP contribution in [0.15, 0.2) is 42.5 Å². The molecule has 0 aliphatic heterocycles. The molecule has 1 amide bonds. The van der Waals surface area contributed by atoms with Crippen molar-refractivity contribution in [2.45, 2.75) is 6.61 Å². The number of amides is 1. The van der Waals surface area contributed by atoms with Crippen molar-refractivity contribution in [2.24, 2.45) is 0 Å². The lowest BCUT2D eigenvalue weighted by Crippen LogP contribution is -2.09. The second-order valence-electron chi connectivity index (χ2n) is 3.78. The fourth-order valence-corrected chi connectivity index (χ4v) is 2.49. The van der Waals surface area contributed by atoms with Gasteiger partial charge in [-0.2, -0.15) is 0 Å². The van der Waals surface area contributed by atoms with Crippen molar-refractivity contribution in [3.8, 4) is 0 Å². The van der Waals surface area contributed by atoms with E-state index in [1.54, 1.807) is 30.3 Å². The van der Waals surface area contributed by atoms with Gasteiger partial charge in [-0.3, -0.25) is 4.79 Å². The first-order chi connectivity index (χ1) is 9.19. The van der Waals surface area contributed by atoms with Crippen LogP contribution < -0.4 is 5.32 Å². The molecule has 1 heterocycles. The number of hydrogen-bond donors (Lipinski definition) is 2. The number of nitrogens with one attached hydrogen (secondary N) is 1. The van der Waals surface area contributed by atoms with Crippen molar-refractivity contribution < 1.29 is 9.90 Å². The molecule has 0 fully saturated rings. The Bertz CT molecular complexity index is 607. The molecule has 0 aliphatic rings. The molecule has 19 heavy (non-hydrogen) atoms. The van der Waals surface area contributed by atoms with Crippen LogP contribution in [0.4, 0.5) is 5.69 Å². The van der Waals surface area contributed by atoms with E-state index < -0.39 is 0 Å². The molecule has 2 N–H and O–H groups in total. The molecule has 98 valence electrons. The third-order valence-electron chi connectivity index (χ3n) is 2.44. The van der Waals surface area contributed by atoms with Gasteiger partial charge in [0.2, 0.25) is 5.91 Å². The average Bonchev–Trinajstić information content (AvgIpc) is 2.83. The van der Waals surface area contributed by atoms with Gasteiger partial charge in [-0.25, -0.2) is 0 Å². The van der Waals surface area contributed by atoms with Crippen LogP contribution in [-0.4, -0.2) is 11.0 Å². The Morgan fingerprint density at radius 2 is 2.11 bits per heavy atom. The lowest BCUT2D eigenvalue weighted by Gasteiger charge is -2.06. The van der Waals surface area contributed by atoms with Crippen LogP contribution in [0.25, 0.3) is 6.08 Å². The number of halogens is 1. The molecule has 0 spiro atoms. The lowest BCUT2D eigenvalue weighted by molar-refractivity contribution is -0.111. The molecule has 0 bridgehead atoms. The summed E-state index contributed by atoms with van der Waals surface area (Å²) in [6.45, 7) is -0.110. The summed E-state index contributed by atoms with van der Waals surface area (Å²) in [7, 11) is 0. The highest BCUT2D eigenvalue weighted by Crippen LogP contribution is 2.22. The zero-order chi connectivity index (χ0) is 13.7. The Labute approximate surface area is 120 Å². The van der Waals surface area contributed by atoms with E-state index in [-0.39, 0.29) is 12.5 Å². The number of rotatable bonds is 4. The minimum absolute atomic E-state index is 0.110. The molecule has 0 radical (unpaired) electrons. The molecule has 2 rings (SSSR count). The van der Waals surface area contributed by atoms with Gasteiger partial charge in [-0.1, -0.05) is 29.8 Å². The first kappa shape index (κ1) is 13.8. The van der Waals surface area contributed by atoms with E-state index in [0.29, 0.717) is 15.6 Å². The maximum Gasteiger partial charge on any atom is 0.248 e. The van der Waals surface area contributed by atoms with Gasteiger partial charge in [0.05, 0.1) is 10.9 Å². The summed E-state index contributed by atoms with van der Waals surface area (Å²) in [4.78, 5) is 12.7. The maximum atomic E-state index is 11.8. The predicted octanol–water partition coefficient (Wildman–Crippen LogP) is 3.55. The summed E-state index contributed by atoms with van der Waals surface area (Å²) >= 11 is 7.20. The maximum absolute atomic E-state index is 11.8. The van der Waals surface area contributed by atoms with Crippen molar-refractivity contribution in [3.63, 3.8) is 0 Å². The van der Waals surface area contributed by atoms with Crippen molar-refractivity contribution in [1.82, 2.24) is 0 Å². The van der Waals surface area contributed by atoms with E-state index in [2.05, 4.69) is 5.32 Å². The van der Waals surface area contributed by atoms with Crippen molar-refractivity contribution in [3.05, 3.63) is 57.3 Å². The van der Waals surface area contributed by atoms with Gasteiger partial charge in [0.15, 0.2) is 0 Å². The molecule has 5 heteroatoms. The van der Waals surface area contributed by atoms with Gasteiger partial charge in [-0.15, -0.1) is 11.3 Å². The van der Waals surface area contributed by atoms with Gasteiger partial charge in [0.25, 0.3) is 0 Å². The SMILES string of the molecule is O=C(C=Cc1ccc(Cl)s1)Nc1ccccc1CO. The molecular weight excluding hydrogens is 282 g/mol. The molecule has 0 saturated heterocycles. The zero-order valence-electron chi connectivity index (χ0n) is 9.97. The number of benzene rings is 1. The minimum Gasteiger partial charge on any atom is -0.392 e. The predicted molar refractivity (Wildman–Crippen MR) is 79.4 cm³/mol. The van der Waals surface area contributed by atoms with Crippen LogP contribution in [0.1, 0.15) is 10.4 Å². The molecule has 1 aromatic heterocycles. The second-order valence-corrected chi connectivity index (χ2v) is 5.53. The lowest BCUT2D eigenvalue weighted by atomic mass is 10.2. The summed E-state index contributed by atoms with van der Waals surface area (Å²) < 4.78 is 0.686. The highest BCUT2D eigenvalue weighted by molar-refractivity contribution is 7.17. The Morgan fingerprint density at radius 1 is 1.32 bits per heavy atom. The van der Waals surface area contributed by atoms with Gasteiger partial charge in [0.1, 0.15) is 0 Å². The monoisotopic (exact) mass is 293 g/mol. The van der Waals surface area contributed by atoms with Crippen LogP contribution >= 0.6 is 22.9 Å². The number of para-hydroxylation sites is 1. The number of thiophene rings is 1. The van der Waals surface area contributed by atoms with Crippen LogP contribution in [0.3, 0.4) is 0 Å². The third kappa shape index (κ3) is 3.92. The fourth-order valence-electron chi connectivity index (χ4n) is 1.53. The number of carbonyl (C=O) groups is 1. The molecule has 3 nitrogen and oxygen atoms in total.